The molecule has 110 valence electrons. The van der Waals surface area contributed by atoms with E-state index < -0.39 is 0 Å². The van der Waals surface area contributed by atoms with Gasteiger partial charge in [0.1, 0.15) is 0 Å². The van der Waals surface area contributed by atoms with Crippen LogP contribution in [0.1, 0.15) is 46.1 Å². The normalized spacial score (nSPS) is 13.6. The summed E-state index contributed by atoms with van der Waals surface area (Å²) >= 11 is 0. The Morgan fingerprint density at radius 1 is 1.25 bits per heavy atom. The van der Waals surface area contributed by atoms with Gasteiger partial charge in [0, 0.05) is 12.1 Å². The summed E-state index contributed by atoms with van der Waals surface area (Å²) in [6, 6.07) is 6.89. The molecule has 0 aliphatic heterocycles. The summed E-state index contributed by atoms with van der Waals surface area (Å²) in [5.41, 5.74) is 1.58. The second-order valence-electron chi connectivity index (χ2n) is 6.58. The Morgan fingerprint density at radius 2 is 1.85 bits per heavy atom. The Labute approximate surface area is 121 Å². The number of nitrogens with zero attached hydrogens (tertiary/aromatic N) is 1. The van der Waals surface area contributed by atoms with E-state index in [1.165, 1.54) is 5.56 Å². The van der Waals surface area contributed by atoms with Crippen molar-refractivity contribution in [3.63, 3.8) is 0 Å². The number of hydrogen-bond donors (Lipinski definition) is 0. The van der Waals surface area contributed by atoms with E-state index >= 15 is 0 Å². The molecule has 1 aromatic carbocycles. The highest BCUT2D eigenvalue weighted by atomic mass is 16.6. The number of allylic oxidation sites excluding steroid dienone is 2. The smallest absolute Gasteiger partial charge is 0.258 e. The fourth-order valence-electron chi connectivity index (χ4n) is 2.08. The van der Waals surface area contributed by atoms with Crippen molar-refractivity contribution in [2.45, 2.75) is 47.0 Å². The third kappa shape index (κ3) is 6.50. The van der Waals surface area contributed by atoms with Gasteiger partial charge in [-0.1, -0.05) is 52.0 Å². The van der Waals surface area contributed by atoms with Crippen LogP contribution in [0.5, 0.6) is 0 Å². The van der Waals surface area contributed by atoms with Crippen LogP contribution in [0.25, 0.3) is 0 Å². The van der Waals surface area contributed by atoms with E-state index in [0.29, 0.717) is 5.92 Å². The molecule has 0 aliphatic rings. The molecule has 3 heteroatoms. The summed E-state index contributed by atoms with van der Waals surface area (Å²) in [4.78, 5) is 10.2. The molecule has 0 saturated carbocycles. The van der Waals surface area contributed by atoms with E-state index in [0.717, 1.165) is 19.3 Å². The molecule has 0 N–H and O–H groups in total. The third-order valence-corrected chi connectivity index (χ3v) is 3.18. The fourth-order valence-corrected chi connectivity index (χ4v) is 2.08. The molecule has 20 heavy (non-hydrogen) atoms. The van der Waals surface area contributed by atoms with Crippen LogP contribution in [0.2, 0.25) is 0 Å². The first-order valence-corrected chi connectivity index (χ1v) is 7.19. The van der Waals surface area contributed by atoms with Crippen LogP contribution in [0, 0.1) is 21.4 Å². The van der Waals surface area contributed by atoms with Gasteiger partial charge in [0.05, 0.1) is 4.92 Å². The van der Waals surface area contributed by atoms with E-state index in [4.69, 9.17) is 0 Å². The second-order valence-corrected chi connectivity index (χ2v) is 6.58. The molecule has 0 spiro atoms. The Kier molecular flexibility index (Phi) is 5.93. The van der Waals surface area contributed by atoms with Crippen LogP contribution in [0.3, 0.4) is 0 Å². The average molecular weight is 275 g/mol. The molecule has 1 aromatic rings. The summed E-state index contributed by atoms with van der Waals surface area (Å²) < 4.78 is 0. The van der Waals surface area contributed by atoms with Gasteiger partial charge < -0.3 is 0 Å². The molecule has 0 fully saturated rings. The quantitative estimate of drug-likeness (QED) is 0.409. The molecule has 3 nitrogen and oxygen atoms in total. The van der Waals surface area contributed by atoms with Gasteiger partial charge in [0.15, 0.2) is 0 Å². The summed E-state index contributed by atoms with van der Waals surface area (Å²) in [7, 11) is 0. The topological polar surface area (TPSA) is 43.1 Å². The molecule has 1 unspecified atom stereocenters. The van der Waals surface area contributed by atoms with Crippen LogP contribution >= 0.6 is 0 Å². The van der Waals surface area contributed by atoms with Gasteiger partial charge in [-0.3, -0.25) is 10.1 Å². The Morgan fingerprint density at radius 3 is 2.35 bits per heavy atom. The van der Waals surface area contributed by atoms with Gasteiger partial charge in [-0.25, -0.2) is 0 Å². The highest BCUT2D eigenvalue weighted by molar-refractivity contribution is 5.32. The Hall–Kier alpha value is -1.64. The van der Waals surface area contributed by atoms with Crippen LogP contribution < -0.4 is 0 Å². The second kappa shape index (κ2) is 7.22. The molecule has 0 saturated heterocycles. The maximum atomic E-state index is 10.6. The van der Waals surface area contributed by atoms with E-state index in [1.54, 1.807) is 12.1 Å². The Balaban J connectivity index is 2.40. The number of rotatable bonds is 6. The van der Waals surface area contributed by atoms with E-state index in [9.17, 15) is 10.1 Å². The molecule has 0 aliphatic carbocycles. The first-order valence-electron chi connectivity index (χ1n) is 7.19. The minimum absolute atomic E-state index is 0.162. The molecule has 0 amide bonds. The standard InChI is InChI=1S/C17H25NO2/c1-14(7-5-6-12-17(2,3)4)13-15-8-10-16(11-9-15)18(19)20/h6,8-12,14H,5,7,13H2,1-4H3/b12-6+. The zero-order valence-electron chi connectivity index (χ0n) is 12.9. The van der Waals surface area contributed by atoms with Crippen molar-refractivity contribution in [1.29, 1.82) is 0 Å². The van der Waals surface area contributed by atoms with Crippen LogP contribution in [-0.2, 0) is 6.42 Å². The summed E-state index contributed by atoms with van der Waals surface area (Å²) in [5.74, 6) is 0.584. The molecule has 0 aromatic heterocycles. The van der Waals surface area contributed by atoms with Gasteiger partial charge in [-0.2, -0.15) is 0 Å². The van der Waals surface area contributed by atoms with Gasteiger partial charge >= 0.3 is 0 Å². The lowest BCUT2D eigenvalue weighted by Crippen LogP contribution is -2.01. The first kappa shape index (κ1) is 16.4. The maximum Gasteiger partial charge on any atom is 0.269 e. The minimum Gasteiger partial charge on any atom is -0.258 e. The highest BCUT2D eigenvalue weighted by Crippen LogP contribution is 2.19. The monoisotopic (exact) mass is 275 g/mol. The number of benzene rings is 1. The van der Waals surface area contributed by atoms with Gasteiger partial charge in [-0.15, -0.1) is 0 Å². The van der Waals surface area contributed by atoms with Gasteiger partial charge in [0.25, 0.3) is 5.69 Å². The molecule has 0 bridgehead atoms. The molecule has 1 rings (SSSR count). The van der Waals surface area contributed by atoms with Crippen molar-refractivity contribution >= 4 is 5.69 Å². The molecule has 0 radical (unpaired) electrons. The maximum absolute atomic E-state index is 10.6. The number of non-ortho nitro benzene ring substituents is 1. The molecular formula is C17H25NO2. The average Bonchev–Trinajstić information content (AvgIpc) is 2.34. The van der Waals surface area contributed by atoms with Crippen molar-refractivity contribution in [2.24, 2.45) is 11.3 Å². The van der Waals surface area contributed by atoms with Crippen molar-refractivity contribution in [3.05, 3.63) is 52.1 Å². The van der Waals surface area contributed by atoms with Crippen LogP contribution in [0.4, 0.5) is 5.69 Å². The van der Waals surface area contributed by atoms with Gasteiger partial charge in [-0.05, 0) is 36.2 Å². The first-order chi connectivity index (χ1) is 9.28. The minimum atomic E-state index is -0.357. The zero-order valence-corrected chi connectivity index (χ0v) is 12.9. The largest absolute Gasteiger partial charge is 0.269 e. The van der Waals surface area contributed by atoms with Crippen molar-refractivity contribution in [1.82, 2.24) is 0 Å². The van der Waals surface area contributed by atoms with Crippen molar-refractivity contribution in [3.8, 4) is 0 Å². The summed E-state index contributed by atoms with van der Waals surface area (Å²) in [6.07, 6.45) is 7.72. The fraction of sp³-hybridized carbons (Fsp3) is 0.529. The van der Waals surface area contributed by atoms with Crippen molar-refractivity contribution < 1.29 is 4.92 Å². The SMILES string of the molecule is CC(CC/C=C/C(C)(C)C)Cc1ccc([N+](=O)[O-])cc1. The highest BCUT2D eigenvalue weighted by Gasteiger charge is 2.07. The zero-order chi connectivity index (χ0) is 15.2. The van der Waals surface area contributed by atoms with E-state index in [1.807, 2.05) is 12.1 Å². The lowest BCUT2D eigenvalue weighted by molar-refractivity contribution is -0.384. The molecule has 1 atom stereocenters. The summed E-state index contributed by atoms with van der Waals surface area (Å²) in [6.45, 7) is 8.82. The predicted molar refractivity (Wildman–Crippen MR) is 83.8 cm³/mol. The lowest BCUT2D eigenvalue weighted by atomic mass is 9.93. The molecular weight excluding hydrogens is 250 g/mol. The Bertz CT molecular complexity index is 455. The third-order valence-electron chi connectivity index (χ3n) is 3.18. The predicted octanol–water partition coefficient (Wildman–Crippen LogP) is 5.16. The van der Waals surface area contributed by atoms with Crippen molar-refractivity contribution in [2.75, 3.05) is 0 Å². The summed E-state index contributed by atoms with van der Waals surface area (Å²) in [5, 5.41) is 10.6. The van der Waals surface area contributed by atoms with Gasteiger partial charge in [0.2, 0.25) is 0 Å². The van der Waals surface area contributed by atoms with Crippen LogP contribution in [-0.4, -0.2) is 4.92 Å². The lowest BCUT2D eigenvalue weighted by Gasteiger charge is -2.12. The number of hydrogen-bond acceptors (Lipinski definition) is 2. The molecule has 0 heterocycles. The van der Waals surface area contributed by atoms with E-state index in [-0.39, 0.29) is 16.0 Å². The number of nitro benzene ring substituents is 1. The van der Waals surface area contributed by atoms with Crippen LogP contribution in [0.15, 0.2) is 36.4 Å². The van der Waals surface area contributed by atoms with E-state index in [2.05, 4.69) is 39.8 Å². The number of nitro groups is 1.